The van der Waals surface area contributed by atoms with E-state index in [9.17, 15) is 5.11 Å². The maximum atomic E-state index is 10.4. The highest BCUT2D eigenvalue weighted by molar-refractivity contribution is 5.82. The van der Waals surface area contributed by atoms with Crippen LogP contribution in [0.4, 0.5) is 0 Å². The van der Waals surface area contributed by atoms with Crippen LogP contribution in [0.15, 0.2) is 60.8 Å². The number of para-hydroxylation sites is 2. The first-order valence-corrected chi connectivity index (χ1v) is 7.10. The highest BCUT2D eigenvalue weighted by atomic mass is 16.5. The maximum absolute atomic E-state index is 10.4. The van der Waals surface area contributed by atoms with Crippen LogP contribution in [0.3, 0.4) is 0 Å². The third kappa shape index (κ3) is 2.06. The van der Waals surface area contributed by atoms with E-state index in [2.05, 4.69) is 4.98 Å². The summed E-state index contributed by atoms with van der Waals surface area (Å²) in [6.07, 6.45) is 1.67. The number of benzene rings is 2. The zero-order valence-corrected chi connectivity index (χ0v) is 11.4. The summed E-state index contributed by atoms with van der Waals surface area (Å²) in [5.74, 6) is 0.759. The van der Waals surface area contributed by atoms with Crippen molar-refractivity contribution in [1.82, 2.24) is 4.98 Å². The molecule has 104 valence electrons. The Balaban J connectivity index is 1.81. The van der Waals surface area contributed by atoms with E-state index < -0.39 is 6.10 Å². The Labute approximate surface area is 122 Å². The van der Waals surface area contributed by atoms with Gasteiger partial charge in [0, 0.05) is 29.1 Å². The maximum Gasteiger partial charge on any atom is 0.129 e. The molecule has 3 heteroatoms. The van der Waals surface area contributed by atoms with E-state index in [-0.39, 0.29) is 6.10 Å². The van der Waals surface area contributed by atoms with E-state index in [0.29, 0.717) is 6.42 Å². The fourth-order valence-electron chi connectivity index (χ4n) is 2.97. The predicted octanol–water partition coefficient (Wildman–Crippen LogP) is 3.79. The first-order valence-electron chi connectivity index (χ1n) is 7.10. The Morgan fingerprint density at radius 2 is 1.76 bits per heavy atom. The van der Waals surface area contributed by atoms with Gasteiger partial charge in [0.1, 0.15) is 11.9 Å². The van der Waals surface area contributed by atoms with E-state index in [1.54, 1.807) is 6.20 Å². The molecule has 1 aromatic heterocycles. The minimum Gasteiger partial charge on any atom is -0.485 e. The molecule has 2 atom stereocenters. The molecule has 0 bridgehead atoms. The summed E-state index contributed by atoms with van der Waals surface area (Å²) in [6, 6.07) is 17.7. The fraction of sp³-hybridized carbons (Fsp3) is 0.167. The minimum absolute atomic E-state index is 0.173. The lowest BCUT2D eigenvalue weighted by Crippen LogP contribution is -2.19. The minimum atomic E-state index is -0.501. The molecular formula is C18H15NO2. The van der Waals surface area contributed by atoms with Crippen molar-refractivity contribution in [2.24, 2.45) is 0 Å². The number of hydrogen-bond acceptors (Lipinski definition) is 3. The number of aliphatic hydroxyl groups is 1. The molecule has 0 saturated heterocycles. The second-order valence-corrected chi connectivity index (χ2v) is 5.32. The lowest BCUT2D eigenvalue weighted by molar-refractivity contribution is 0.0663. The van der Waals surface area contributed by atoms with Crippen molar-refractivity contribution >= 4 is 10.9 Å². The average molecular weight is 277 g/mol. The second-order valence-electron chi connectivity index (χ2n) is 5.32. The molecule has 1 N–H and O–H groups in total. The van der Waals surface area contributed by atoms with E-state index >= 15 is 0 Å². The molecule has 0 fully saturated rings. The number of hydrogen-bond donors (Lipinski definition) is 1. The van der Waals surface area contributed by atoms with Crippen molar-refractivity contribution in [2.45, 2.75) is 18.6 Å². The van der Waals surface area contributed by atoms with Gasteiger partial charge < -0.3 is 9.84 Å². The Kier molecular flexibility index (Phi) is 2.86. The Hall–Kier alpha value is -2.39. The smallest absolute Gasteiger partial charge is 0.129 e. The van der Waals surface area contributed by atoms with E-state index in [4.69, 9.17) is 4.74 Å². The highest BCUT2D eigenvalue weighted by Gasteiger charge is 2.28. The molecule has 3 aromatic rings. The zero-order chi connectivity index (χ0) is 14.2. The zero-order valence-electron chi connectivity index (χ0n) is 11.4. The molecule has 1 aliphatic heterocycles. The molecule has 1 unspecified atom stereocenters. The third-order valence-corrected chi connectivity index (χ3v) is 4.00. The SMILES string of the molecule is O[C@H]1CC(c2cccc3cccnc23)Oc2ccccc21. The van der Waals surface area contributed by atoms with Crippen LogP contribution in [0.5, 0.6) is 5.75 Å². The Morgan fingerprint density at radius 3 is 2.71 bits per heavy atom. The van der Waals surface area contributed by atoms with Crippen LogP contribution in [0.2, 0.25) is 0 Å². The van der Waals surface area contributed by atoms with Crippen molar-refractivity contribution in [1.29, 1.82) is 0 Å². The first kappa shape index (κ1) is 12.4. The highest BCUT2D eigenvalue weighted by Crippen LogP contribution is 2.41. The van der Waals surface area contributed by atoms with Gasteiger partial charge in [0.2, 0.25) is 0 Å². The van der Waals surface area contributed by atoms with E-state index in [1.807, 2.05) is 54.6 Å². The van der Waals surface area contributed by atoms with Gasteiger partial charge in [-0.05, 0) is 12.1 Å². The molecule has 3 nitrogen and oxygen atoms in total. The number of fused-ring (bicyclic) bond motifs is 2. The van der Waals surface area contributed by atoms with Gasteiger partial charge in [-0.15, -0.1) is 0 Å². The summed E-state index contributed by atoms with van der Waals surface area (Å²) in [7, 11) is 0. The van der Waals surface area contributed by atoms with Crippen molar-refractivity contribution in [2.75, 3.05) is 0 Å². The number of aromatic nitrogens is 1. The molecule has 21 heavy (non-hydrogen) atoms. The average Bonchev–Trinajstić information content (AvgIpc) is 2.54. The number of pyridine rings is 1. The molecular weight excluding hydrogens is 262 g/mol. The van der Waals surface area contributed by atoms with Crippen molar-refractivity contribution < 1.29 is 9.84 Å². The third-order valence-electron chi connectivity index (χ3n) is 4.00. The summed E-state index contributed by atoms with van der Waals surface area (Å²) in [5.41, 5.74) is 2.83. The Morgan fingerprint density at radius 1 is 0.952 bits per heavy atom. The molecule has 0 aliphatic carbocycles. The largest absolute Gasteiger partial charge is 0.485 e. The quantitative estimate of drug-likeness (QED) is 0.735. The van der Waals surface area contributed by atoms with Gasteiger partial charge in [0.05, 0.1) is 11.6 Å². The van der Waals surface area contributed by atoms with Crippen LogP contribution in [0, 0.1) is 0 Å². The summed E-state index contributed by atoms with van der Waals surface area (Å²) in [6.45, 7) is 0. The molecule has 2 aromatic carbocycles. The lowest BCUT2D eigenvalue weighted by atomic mass is 9.94. The first-order chi connectivity index (χ1) is 10.3. The number of ether oxygens (including phenoxy) is 1. The summed E-state index contributed by atoms with van der Waals surface area (Å²) >= 11 is 0. The molecule has 0 spiro atoms. The van der Waals surface area contributed by atoms with Crippen LogP contribution in [0.25, 0.3) is 10.9 Å². The van der Waals surface area contributed by atoms with Crippen molar-refractivity contribution in [3.05, 3.63) is 71.9 Å². The van der Waals surface area contributed by atoms with Gasteiger partial charge in [0.25, 0.3) is 0 Å². The number of aliphatic hydroxyl groups excluding tert-OH is 1. The van der Waals surface area contributed by atoms with Gasteiger partial charge in [0.15, 0.2) is 0 Å². The monoisotopic (exact) mass is 277 g/mol. The van der Waals surface area contributed by atoms with Gasteiger partial charge in [-0.2, -0.15) is 0 Å². The molecule has 2 heterocycles. The summed E-state index contributed by atoms with van der Waals surface area (Å²) < 4.78 is 6.10. The fourth-order valence-corrected chi connectivity index (χ4v) is 2.97. The van der Waals surface area contributed by atoms with Gasteiger partial charge in [-0.25, -0.2) is 0 Å². The van der Waals surface area contributed by atoms with Crippen molar-refractivity contribution in [3.63, 3.8) is 0 Å². The molecule has 1 aliphatic rings. The molecule has 0 radical (unpaired) electrons. The second kappa shape index (κ2) is 4.86. The molecule has 4 rings (SSSR count). The normalized spacial score (nSPS) is 20.8. The number of nitrogens with zero attached hydrogens (tertiary/aromatic N) is 1. The summed E-state index contributed by atoms with van der Waals surface area (Å²) in [4.78, 5) is 4.48. The van der Waals surface area contributed by atoms with E-state index in [0.717, 1.165) is 27.8 Å². The van der Waals surface area contributed by atoms with Gasteiger partial charge in [-0.3, -0.25) is 4.98 Å². The molecule has 0 saturated carbocycles. The van der Waals surface area contributed by atoms with Crippen LogP contribution in [-0.2, 0) is 0 Å². The standard InChI is InChI=1S/C18H15NO2/c20-15-11-17(21-16-9-2-1-7-13(15)16)14-8-3-5-12-6-4-10-19-18(12)14/h1-10,15,17,20H,11H2/t15-,17?/m0/s1. The van der Waals surface area contributed by atoms with Gasteiger partial charge in [-0.1, -0.05) is 42.5 Å². The van der Waals surface area contributed by atoms with Crippen LogP contribution in [0.1, 0.15) is 29.8 Å². The Bertz CT molecular complexity index is 795. The van der Waals surface area contributed by atoms with E-state index in [1.165, 1.54) is 0 Å². The van der Waals surface area contributed by atoms with Crippen LogP contribution < -0.4 is 4.74 Å². The molecule has 0 amide bonds. The topological polar surface area (TPSA) is 42.4 Å². The lowest BCUT2D eigenvalue weighted by Gasteiger charge is -2.30. The van der Waals surface area contributed by atoms with Crippen LogP contribution in [-0.4, -0.2) is 10.1 Å². The van der Waals surface area contributed by atoms with Crippen molar-refractivity contribution in [3.8, 4) is 5.75 Å². The number of rotatable bonds is 1. The van der Waals surface area contributed by atoms with Gasteiger partial charge >= 0.3 is 0 Å². The van der Waals surface area contributed by atoms with Crippen LogP contribution >= 0.6 is 0 Å². The predicted molar refractivity (Wildman–Crippen MR) is 81.1 cm³/mol. The summed E-state index contributed by atoms with van der Waals surface area (Å²) in [5, 5.41) is 11.5.